The van der Waals surface area contributed by atoms with Crippen molar-refractivity contribution in [2.45, 2.75) is 52.2 Å². The minimum atomic E-state index is -1.91. The highest BCUT2D eigenvalue weighted by atomic mass is 31.2. The molecule has 0 radical (unpaired) electrons. The van der Waals surface area contributed by atoms with Crippen LogP contribution in [-0.2, 0) is 0 Å². The number of unbranched alkanes of at least 4 members (excludes halogenated alkanes) is 2. The van der Waals surface area contributed by atoms with E-state index in [0.717, 1.165) is 0 Å². The fraction of sp³-hybridized carbons (Fsp3) is 0.182. The van der Waals surface area contributed by atoms with E-state index >= 15 is 0 Å². The Labute approximate surface area is 278 Å². The van der Waals surface area contributed by atoms with Gasteiger partial charge < -0.3 is 0 Å². The molecule has 0 aliphatic heterocycles. The average molecular weight is 619 g/mol. The van der Waals surface area contributed by atoms with Crippen molar-refractivity contribution in [3.8, 4) is 0 Å². The standard InChI is InChI=1S/C24H20P.C20H28B/c1-5-13-21(14-6-1)25(22-15-7-2-8-16-22,23-17-9-3-10-18-23)24-19-11-4-12-20-24;1-3-5-17-21(18-6-4-2,19-13-9-7-10-14-19)20-15-11-8-12-16-20/h1-20H;7-16H,3-6,17-18H2,1-2H3/q+1;-1. The number of benzene rings is 6. The summed E-state index contributed by atoms with van der Waals surface area (Å²) in [6.07, 6.45) is 7.18. The Morgan fingerprint density at radius 2 is 0.587 bits per heavy atom. The van der Waals surface area contributed by atoms with Gasteiger partial charge in [0.1, 0.15) is 28.5 Å². The Hall–Kier alpha value is -4.19. The molecule has 0 N–H and O–H groups in total. The zero-order valence-electron chi connectivity index (χ0n) is 27.6. The summed E-state index contributed by atoms with van der Waals surface area (Å²) in [5.41, 5.74) is 3.09. The van der Waals surface area contributed by atoms with E-state index in [0.29, 0.717) is 0 Å². The van der Waals surface area contributed by atoms with Crippen LogP contribution in [0.2, 0.25) is 12.6 Å². The van der Waals surface area contributed by atoms with Crippen LogP contribution in [0.15, 0.2) is 182 Å². The summed E-state index contributed by atoms with van der Waals surface area (Å²) in [5.74, 6) is 0. The summed E-state index contributed by atoms with van der Waals surface area (Å²) in [5, 5.41) is 5.55. The molecule has 0 spiro atoms. The molecule has 2 heteroatoms. The van der Waals surface area contributed by atoms with Gasteiger partial charge in [0.05, 0.1) is 6.15 Å². The molecule has 0 aliphatic rings. The summed E-state index contributed by atoms with van der Waals surface area (Å²) < 4.78 is 0. The Morgan fingerprint density at radius 3 is 0.826 bits per heavy atom. The van der Waals surface area contributed by atoms with E-state index in [-0.39, 0.29) is 0 Å². The maximum atomic E-state index is 2.35. The molecule has 0 aromatic heterocycles. The second-order valence-corrected chi connectivity index (χ2v) is 15.8. The Kier molecular flexibility index (Phi) is 12.2. The lowest BCUT2D eigenvalue weighted by Gasteiger charge is -2.42. The van der Waals surface area contributed by atoms with Gasteiger partial charge in [-0.15, -0.1) is 0 Å². The summed E-state index contributed by atoms with van der Waals surface area (Å²) in [6.45, 7) is 4.60. The topological polar surface area (TPSA) is 0 Å². The molecule has 6 aromatic carbocycles. The van der Waals surface area contributed by atoms with Crippen molar-refractivity contribution in [3.05, 3.63) is 182 Å². The molecule has 0 atom stereocenters. The van der Waals surface area contributed by atoms with Gasteiger partial charge in [0.15, 0.2) is 0 Å². The van der Waals surface area contributed by atoms with Crippen molar-refractivity contribution in [2.75, 3.05) is 0 Å². The number of rotatable bonds is 12. The third kappa shape index (κ3) is 7.44. The summed E-state index contributed by atoms with van der Waals surface area (Å²) in [4.78, 5) is 0. The zero-order valence-corrected chi connectivity index (χ0v) is 28.5. The van der Waals surface area contributed by atoms with E-state index in [1.165, 1.54) is 59.5 Å². The molecule has 0 nitrogen and oxygen atoms in total. The molecular weight excluding hydrogens is 570 g/mol. The van der Waals surface area contributed by atoms with Crippen LogP contribution >= 0.6 is 7.26 Å². The summed E-state index contributed by atoms with van der Waals surface area (Å²) >= 11 is 0. The molecule has 0 saturated carbocycles. The molecule has 0 amide bonds. The van der Waals surface area contributed by atoms with Gasteiger partial charge in [-0.25, -0.2) is 10.9 Å². The fourth-order valence-corrected chi connectivity index (χ4v) is 11.5. The second kappa shape index (κ2) is 16.9. The van der Waals surface area contributed by atoms with E-state index in [9.17, 15) is 0 Å². The van der Waals surface area contributed by atoms with Crippen LogP contribution in [0.3, 0.4) is 0 Å². The highest BCUT2D eigenvalue weighted by molar-refractivity contribution is 8.01. The van der Waals surface area contributed by atoms with Gasteiger partial charge in [0.25, 0.3) is 0 Å². The van der Waals surface area contributed by atoms with E-state index in [4.69, 9.17) is 0 Å². The molecular formula is C44H48BP. The van der Waals surface area contributed by atoms with Crippen LogP contribution in [0.1, 0.15) is 39.5 Å². The molecule has 0 fully saturated rings. The van der Waals surface area contributed by atoms with Gasteiger partial charge in [-0.3, -0.25) is 0 Å². The largest absolute Gasteiger partial charge is 0.205 e. The maximum Gasteiger partial charge on any atom is 0.144 e. The van der Waals surface area contributed by atoms with Crippen LogP contribution in [0, 0.1) is 0 Å². The lowest BCUT2D eigenvalue weighted by atomic mass is 9.15. The van der Waals surface area contributed by atoms with Gasteiger partial charge in [0.2, 0.25) is 0 Å². The van der Waals surface area contributed by atoms with Crippen molar-refractivity contribution in [1.82, 2.24) is 0 Å². The average Bonchev–Trinajstić information content (AvgIpc) is 3.15. The van der Waals surface area contributed by atoms with Crippen molar-refractivity contribution >= 4 is 45.6 Å². The lowest BCUT2D eigenvalue weighted by molar-refractivity contribution is 0.838. The van der Waals surface area contributed by atoms with Crippen molar-refractivity contribution in [2.24, 2.45) is 0 Å². The molecule has 6 rings (SSSR count). The highest BCUT2D eigenvalue weighted by Crippen LogP contribution is 2.54. The Balaban J connectivity index is 0.000000184. The van der Waals surface area contributed by atoms with E-state index in [2.05, 4.69) is 196 Å². The SMILES string of the molecule is CCCC[B-](CCCC)(c1ccccc1)c1ccccc1.c1ccc([P+](c2ccccc2)(c2ccccc2)c2ccccc2)cc1. The first kappa shape index (κ1) is 33.2. The number of hydrogen-bond acceptors (Lipinski definition) is 0. The van der Waals surface area contributed by atoms with Crippen molar-refractivity contribution < 1.29 is 0 Å². The first-order valence-corrected chi connectivity index (χ1v) is 19.0. The quantitative estimate of drug-likeness (QED) is 0.0948. The first-order valence-electron chi connectivity index (χ1n) is 17.2. The first-order chi connectivity index (χ1) is 22.8. The second-order valence-electron chi connectivity index (χ2n) is 12.4. The Bertz CT molecular complexity index is 1460. The van der Waals surface area contributed by atoms with Crippen LogP contribution in [-0.4, -0.2) is 6.15 Å². The molecule has 46 heavy (non-hydrogen) atoms. The van der Waals surface area contributed by atoms with E-state index in [1.54, 1.807) is 10.9 Å². The zero-order chi connectivity index (χ0) is 31.9. The lowest BCUT2D eigenvalue weighted by Crippen LogP contribution is -2.58. The van der Waals surface area contributed by atoms with Crippen molar-refractivity contribution in [1.29, 1.82) is 0 Å². The van der Waals surface area contributed by atoms with Crippen LogP contribution in [0.25, 0.3) is 0 Å². The van der Waals surface area contributed by atoms with Gasteiger partial charge in [0, 0.05) is 0 Å². The third-order valence-electron chi connectivity index (χ3n) is 9.55. The van der Waals surface area contributed by atoms with E-state index < -0.39 is 13.4 Å². The predicted molar refractivity (Wildman–Crippen MR) is 209 cm³/mol. The molecule has 0 unspecified atom stereocenters. The number of hydrogen-bond donors (Lipinski definition) is 0. The monoisotopic (exact) mass is 618 g/mol. The van der Waals surface area contributed by atoms with E-state index in [1.807, 2.05) is 0 Å². The predicted octanol–water partition coefficient (Wildman–Crippen LogP) is 9.16. The fourth-order valence-electron chi connectivity index (χ4n) is 7.25. The van der Waals surface area contributed by atoms with Gasteiger partial charge >= 0.3 is 0 Å². The highest BCUT2D eigenvalue weighted by Gasteiger charge is 2.47. The molecule has 0 bridgehead atoms. The molecule has 232 valence electrons. The minimum Gasteiger partial charge on any atom is -0.205 e. The minimum absolute atomic E-state index is 0.611. The normalized spacial score (nSPS) is 11.3. The van der Waals surface area contributed by atoms with Gasteiger partial charge in [-0.1, -0.05) is 173 Å². The maximum absolute atomic E-state index is 2.35. The smallest absolute Gasteiger partial charge is 0.144 e. The molecule has 6 aromatic rings. The van der Waals surface area contributed by atoms with Crippen LogP contribution in [0.5, 0.6) is 0 Å². The van der Waals surface area contributed by atoms with Crippen LogP contribution in [0.4, 0.5) is 0 Å². The summed E-state index contributed by atoms with van der Waals surface area (Å²) in [6, 6.07) is 66.3. The third-order valence-corrected chi connectivity index (χ3v) is 13.8. The summed E-state index contributed by atoms with van der Waals surface area (Å²) in [7, 11) is -1.91. The van der Waals surface area contributed by atoms with Gasteiger partial charge in [-0.2, -0.15) is 12.6 Å². The van der Waals surface area contributed by atoms with Gasteiger partial charge in [-0.05, 0) is 48.5 Å². The van der Waals surface area contributed by atoms with Crippen LogP contribution < -0.4 is 32.1 Å². The van der Waals surface area contributed by atoms with Crippen molar-refractivity contribution in [3.63, 3.8) is 0 Å². The molecule has 0 saturated heterocycles. The molecule has 0 aliphatic carbocycles. The Morgan fingerprint density at radius 1 is 0.348 bits per heavy atom. The molecule has 0 heterocycles.